The third kappa shape index (κ3) is 5.69. The molecule has 2 N–H and O–H groups in total. The van der Waals surface area contributed by atoms with Gasteiger partial charge in [0.1, 0.15) is 0 Å². The standard InChI is InChI=1S/C14H19NO3/c1-3-12-5-4-6-13(9-12)15-10-14(16)11-18-8-7-17-2/h1,4-6,9,14-16H,7-8,10-11H2,2H3. The van der Waals surface area contributed by atoms with E-state index in [1.807, 2.05) is 24.3 Å². The van der Waals surface area contributed by atoms with E-state index < -0.39 is 6.10 Å². The minimum atomic E-state index is -0.559. The van der Waals surface area contributed by atoms with Gasteiger partial charge in [0.2, 0.25) is 0 Å². The Morgan fingerprint density at radius 2 is 2.28 bits per heavy atom. The van der Waals surface area contributed by atoms with Gasteiger partial charge in [-0.2, -0.15) is 0 Å². The molecule has 1 atom stereocenters. The molecule has 4 nitrogen and oxygen atoms in total. The highest BCUT2D eigenvalue weighted by Crippen LogP contribution is 2.09. The molecule has 1 rings (SSSR count). The number of ether oxygens (including phenoxy) is 2. The number of aliphatic hydroxyl groups is 1. The summed E-state index contributed by atoms with van der Waals surface area (Å²) < 4.78 is 10.1. The molecule has 0 amide bonds. The Morgan fingerprint density at radius 1 is 1.44 bits per heavy atom. The van der Waals surface area contributed by atoms with Crippen molar-refractivity contribution in [3.8, 4) is 12.3 Å². The van der Waals surface area contributed by atoms with E-state index in [1.165, 1.54) is 0 Å². The van der Waals surface area contributed by atoms with E-state index in [9.17, 15) is 5.11 Å². The number of anilines is 1. The lowest BCUT2D eigenvalue weighted by Gasteiger charge is -2.13. The predicted octanol–water partition coefficient (Wildman–Crippen LogP) is 1.10. The predicted molar refractivity (Wildman–Crippen MR) is 71.6 cm³/mol. The molecule has 18 heavy (non-hydrogen) atoms. The number of benzene rings is 1. The van der Waals surface area contributed by atoms with Gasteiger partial charge in [-0.15, -0.1) is 6.42 Å². The van der Waals surface area contributed by atoms with Crippen molar-refractivity contribution in [2.75, 3.05) is 38.8 Å². The molecule has 1 aromatic rings. The minimum Gasteiger partial charge on any atom is -0.389 e. The average molecular weight is 249 g/mol. The maximum Gasteiger partial charge on any atom is 0.0945 e. The van der Waals surface area contributed by atoms with Crippen LogP contribution in [-0.2, 0) is 9.47 Å². The third-order valence-electron chi connectivity index (χ3n) is 2.31. The molecule has 0 saturated heterocycles. The third-order valence-corrected chi connectivity index (χ3v) is 2.31. The van der Waals surface area contributed by atoms with E-state index in [1.54, 1.807) is 7.11 Å². The molecule has 0 aliphatic carbocycles. The van der Waals surface area contributed by atoms with Crippen molar-refractivity contribution in [3.05, 3.63) is 29.8 Å². The van der Waals surface area contributed by atoms with Crippen LogP contribution >= 0.6 is 0 Å². The minimum absolute atomic E-state index is 0.283. The van der Waals surface area contributed by atoms with Gasteiger partial charge in [-0.3, -0.25) is 0 Å². The fourth-order valence-electron chi connectivity index (χ4n) is 1.38. The largest absolute Gasteiger partial charge is 0.389 e. The summed E-state index contributed by atoms with van der Waals surface area (Å²) in [5, 5.41) is 12.8. The Balaban J connectivity index is 2.25. The monoisotopic (exact) mass is 249 g/mol. The molecular weight excluding hydrogens is 230 g/mol. The number of methoxy groups -OCH3 is 1. The second-order valence-corrected chi connectivity index (χ2v) is 3.83. The van der Waals surface area contributed by atoms with Gasteiger partial charge in [0, 0.05) is 24.9 Å². The Kier molecular flexibility index (Phi) is 6.89. The maximum atomic E-state index is 9.67. The van der Waals surface area contributed by atoms with Crippen molar-refractivity contribution >= 4 is 5.69 Å². The second-order valence-electron chi connectivity index (χ2n) is 3.83. The molecule has 4 heteroatoms. The van der Waals surface area contributed by atoms with Crippen molar-refractivity contribution in [3.63, 3.8) is 0 Å². The van der Waals surface area contributed by atoms with Crippen LogP contribution in [0.15, 0.2) is 24.3 Å². The highest BCUT2D eigenvalue weighted by molar-refractivity contribution is 5.49. The fourth-order valence-corrected chi connectivity index (χ4v) is 1.38. The molecule has 0 aromatic heterocycles. The molecule has 0 aliphatic heterocycles. The molecular formula is C14H19NO3. The lowest BCUT2D eigenvalue weighted by Crippen LogP contribution is -2.25. The van der Waals surface area contributed by atoms with E-state index in [-0.39, 0.29) is 6.61 Å². The Hall–Kier alpha value is -1.54. The zero-order valence-corrected chi connectivity index (χ0v) is 10.6. The zero-order valence-electron chi connectivity index (χ0n) is 10.6. The van der Waals surface area contributed by atoms with Crippen molar-refractivity contribution in [1.82, 2.24) is 0 Å². The summed E-state index contributed by atoms with van der Waals surface area (Å²) in [6.45, 7) is 1.72. The Labute approximate surface area is 108 Å². The number of nitrogens with one attached hydrogen (secondary N) is 1. The van der Waals surface area contributed by atoms with Crippen LogP contribution in [0.1, 0.15) is 5.56 Å². The molecule has 0 heterocycles. The van der Waals surface area contributed by atoms with E-state index >= 15 is 0 Å². The van der Waals surface area contributed by atoms with E-state index in [0.29, 0.717) is 19.8 Å². The van der Waals surface area contributed by atoms with Gasteiger partial charge in [-0.1, -0.05) is 12.0 Å². The van der Waals surface area contributed by atoms with Gasteiger partial charge in [-0.05, 0) is 18.2 Å². The van der Waals surface area contributed by atoms with Crippen LogP contribution < -0.4 is 5.32 Å². The number of aliphatic hydroxyl groups excluding tert-OH is 1. The molecule has 0 bridgehead atoms. The van der Waals surface area contributed by atoms with Gasteiger partial charge >= 0.3 is 0 Å². The van der Waals surface area contributed by atoms with Crippen LogP contribution in [0.4, 0.5) is 5.69 Å². The topological polar surface area (TPSA) is 50.7 Å². The van der Waals surface area contributed by atoms with Gasteiger partial charge in [-0.25, -0.2) is 0 Å². The highest BCUT2D eigenvalue weighted by Gasteiger charge is 2.04. The normalized spacial score (nSPS) is 11.8. The van der Waals surface area contributed by atoms with Crippen LogP contribution in [0.5, 0.6) is 0 Å². The number of hydrogen-bond acceptors (Lipinski definition) is 4. The van der Waals surface area contributed by atoms with E-state index in [2.05, 4.69) is 11.2 Å². The summed E-state index contributed by atoms with van der Waals surface area (Å²) in [5.41, 5.74) is 1.70. The lowest BCUT2D eigenvalue weighted by atomic mass is 10.2. The number of hydrogen-bond donors (Lipinski definition) is 2. The second kappa shape index (κ2) is 8.54. The van der Waals surface area contributed by atoms with Crippen molar-refractivity contribution in [2.24, 2.45) is 0 Å². The molecule has 98 valence electrons. The van der Waals surface area contributed by atoms with Crippen LogP contribution in [0.2, 0.25) is 0 Å². The Morgan fingerprint density at radius 3 is 3.00 bits per heavy atom. The van der Waals surface area contributed by atoms with Gasteiger partial charge in [0.05, 0.1) is 25.9 Å². The van der Waals surface area contributed by atoms with Crippen LogP contribution in [-0.4, -0.2) is 44.7 Å². The smallest absolute Gasteiger partial charge is 0.0945 e. The Bertz CT molecular complexity index is 387. The lowest BCUT2D eigenvalue weighted by molar-refractivity contribution is 0.0182. The first-order chi connectivity index (χ1) is 8.76. The van der Waals surface area contributed by atoms with Crippen molar-refractivity contribution in [2.45, 2.75) is 6.10 Å². The highest BCUT2D eigenvalue weighted by atomic mass is 16.5. The maximum absolute atomic E-state index is 9.67. The summed E-state index contributed by atoms with van der Waals surface area (Å²) in [6.07, 6.45) is 4.75. The van der Waals surface area contributed by atoms with Gasteiger partial charge in [0.15, 0.2) is 0 Å². The molecule has 0 aliphatic rings. The van der Waals surface area contributed by atoms with Gasteiger partial charge in [0.25, 0.3) is 0 Å². The summed E-state index contributed by atoms with van der Waals surface area (Å²) in [4.78, 5) is 0. The number of rotatable bonds is 8. The SMILES string of the molecule is C#Cc1cccc(NCC(O)COCCOC)c1. The van der Waals surface area contributed by atoms with Crippen LogP contribution in [0, 0.1) is 12.3 Å². The van der Waals surface area contributed by atoms with Crippen LogP contribution in [0.3, 0.4) is 0 Å². The summed E-state index contributed by atoms with van der Waals surface area (Å²) >= 11 is 0. The average Bonchev–Trinajstić information content (AvgIpc) is 2.41. The first-order valence-corrected chi connectivity index (χ1v) is 5.81. The molecule has 0 radical (unpaired) electrons. The zero-order chi connectivity index (χ0) is 13.2. The molecule has 0 saturated carbocycles. The number of terminal acetylenes is 1. The fraction of sp³-hybridized carbons (Fsp3) is 0.429. The summed E-state index contributed by atoms with van der Waals surface area (Å²) in [7, 11) is 1.61. The molecule has 0 spiro atoms. The van der Waals surface area contributed by atoms with Gasteiger partial charge < -0.3 is 19.9 Å². The molecule has 1 unspecified atom stereocenters. The van der Waals surface area contributed by atoms with Crippen molar-refractivity contribution in [1.29, 1.82) is 0 Å². The first kappa shape index (κ1) is 14.5. The van der Waals surface area contributed by atoms with E-state index in [0.717, 1.165) is 11.3 Å². The summed E-state index contributed by atoms with van der Waals surface area (Å²) in [5.74, 6) is 2.56. The molecule has 0 fully saturated rings. The summed E-state index contributed by atoms with van der Waals surface area (Å²) in [6, 6.07) is 7.49. The van der Waals surface area contributed by atoms with Crippen LogP contribution in [0.25, 0.3) is 0 Å². The van der Waals surface area contributed by atoms with E-state index in [4.69, 9.17) is 15.9 Å². The van der Waals surface area contributed by atoms with Crippen molar-refractivity contribution < 1.29 is 14.6 Å². The molecule has 1 aromatic carbocycles. The first-order valence-electron chi connectivity index (χ1n) is 5.81. The quantitative estimate of drug-likeness (QED) is 0.535.